The molecule has 0 radical (unpaired) electrons. The van der Waals surface area contributed by atoms with E-state index in [0.717, 1.165) is 35.5 Å². The normalized spacial score (nSPS) is 13.6. The number of hydrogen-bond acceptors (Lipinski definition) is 8. The summed E-state index contributed by atoms with van der Waals surface area (Å²) in [6.07, 6.45) is 1.68. The van der Waals surface area contributed by atoms with Crippen LogP contribution in [0.4, 0.5) is 34.3 Å². The highest BCUT2D eigenvalue weighted by Crippen LogP contribution is 2.31. The monoisotopic (exact) mass is 581 g/mol. The van der Waals surface area contributed by atoms with Crippen LogP contribution < -0.4 is 32.6 Å². The summed E-state index contributed by atoms with van der Waals surface area (Å²) in [6, 6.07) is 16.8. The van der Waals surface area contributed by atoms with Crippen LogP contribution in [-0.2, 0) is 17.2 Å². The number of aryl methyl sites for hydroxylation is 1. The average molecular weight is 582 g/mol. The van der Waals surface area contributed by atoms with E-state index in [1.54, 1.807) is 25.4 Å². The van der Waals surface area contributed by atoms with E-state index >= 15 is 0 Å². The predicted molar refractivity (Wildman–Crippen MR) is 174 cm³/mol. The zero-order chi connectivity index (χ0) is 30.9. The summed E-state index contributed by atoms with van der Waals surface area (Å²) in [4.78, 5) is 33.1. The van der Waals surface area contributed by atoms with Crippen molar-refractivity contribution in [3.63, 3.8) is 0 Å². The minimum atomic E-state index is -0.299. The molecular formula is C33H39N7O3. The second kappa shape index (κ2) is 11.8. The Morgan fingerprint density at radius 2 is 1.74 bits per heavy atom. The van der Waals surface area contributed by atoms with E-state index in [1.165, 1.54) is 4.57 Å². The summed E-state index contributed by atoms with van der Waals surface area (Å²) < 4.78 is 6.93. The number of rotatable bonds is 6. The zero-order valence-electron chi connectivity index (χ0n) is 25.3. The number of nitrogen functional groups attached to an aromatic ring is 2. The molecule has 1 aliphatic rings. The Balaban J connectivity index is 1.40. The Labute approximate surface area is 251 Å². The standard InChI is InChI=1S/C33H39N7O3/c1-20-23(7-6-8-27(20)38-31(41)24-11-9-21(17-25(24)34)33(2,3)4)28-19-39(5)32(42)30(37-28)36-22-10-12-29(26(35)18-22)40-13-15-43-16-14-40/h6-12,17-19H,13-16,34-35H2,1-5H3,(H,36,37)(H,38,41). The number of amides is 1. The number of nitrogens with one attached hydrogen (secondary N) is 2. The highest BCUT2D eigenvalue weighted by molar-refractivity contribution is 6.08. The van der Waals surface area contributed by atoms with Crippen LogP contribution >= 0.6 is 0 Å². The summed E-state index contributed by atoms with van der Waals surface area (Å²) >= 11 is 0. The lowest BCUT2D eigenvalue weighted by atomic mass is 9.86. The lowest BCUT2D eigenvalue weighted by Gasteiger charge is -2.30. The van der Waals surface area contributed by atoms with Gasteiger partial charge in [-0.15, -0.1) is 0 Å². The minimum absolute atomic E-state index is 0.0799. The first-order chi connectivity index (χ1) is 20.4. The number of morpholine rings is 1. The van der Waals surface area contributed by atoms with E-state index in [9.17, 15) is 9.59 Å². The molecule has 1 saturated heterocycles. The second-order valence-corrected chi connectivity index (χ2v) is 11.9. The third-order valence-electron chi connectivity index (χ3n) is 7.73. The summed E-state index contributed by atoms with van der Waals surface area (Å²) in [6.45, 7) is 11.1. The largest absolute Gasteiger partial charge is 0.398 e. The number of nitrogens with two attached hydrogens (primary N) is 2. The van der Waals surface area contributed by atoms with E-state index in [1.807, 2.05) is 49.4 Å². The first kappa shape index (κ1) is 29.7. The molecule has 3 aromatic carbocycles. The van der Waals surface area contributed by atoms with E-state index < -0.39 is 0 Å². The first-order valence-electron chi connectivity index (χ1n) is 14.3. The number of aromatic nitrogens is 2. The lowest BCUT2D eigenvalue weighted by Crippen LogP contribution is -2.36. The van der Waals surface area contributed by atoms with E-state index in [4.69, 9.17) is 16.2 Å². The molecule has 0 spiro atoms. The van der Waals surface area contributed by atoms with Gasteiger partial charge >= 0.3 is 0 Å². The molecule has 1 fully saturated rings. The van der Waals surface area contributed by atoms with Gasteiger partial charge < -0.3 is 36.3 Å². The molecule has 0 atom stereocenters. The second-order valence-electron chi connectivity index (χ2n) is 11.9. The molecule has 224 valence electrons. The van der Waals surface area contributed by atoms with Gasteiger partial charge in [0.1, 0.15) is 0 Å². The minimum Gasteiger partial charge on any atom is -0.398 e. The Bertz CT molecular complexity index is 1730. The summed E-state index contributed by atoms with van der Waals surface area (Å²) in [7, 11) is 1.68. The van der Waals surface area contributed by atoms with Crippen molar-refractivity contribution in [1.29, 1.82) is 0 Å². The Morgan fingerprint density at radius 3 is 2.42 bits per heavy atom. The molecule has 0 bridgehead atoms. The third kappa shape index (κ3) is 6.34. The van der Waals surface area contributed by atoms with Crippen LogP contribution in [0.2, 0.25) is 0 Å². The molecule has 10 heteroatoms. The van der Waals surface area contributed by atoms with E-state index in [-0.39, 0.29) is 22.7 Å². The Kier molecular flexibility index (Phi) is 8.14. The molecule has 1 amide bonds. The summed E-state index contributed by atoms with van der Waals surface area (Å²) in [5.41, 5.74) is 19.1. The number of ether oxygens (including phenoxy) is 1. The maximum Gasteiger partial charge on any atom is 0.293 e. The highest BCUT2D eigenvalue weighted by atomic mass is 16.5. The van der Waals surface area contributed by atoms with E-state index in [0.29, 0.717) is 47.2 Å². The maximum atomic E-state index is 13.2. The summed E-state index contributed by atoms with van der Waals surface area (Å²) in [5, 5.41) is 6.15. The fraction of sp³-hybridized carbons (Fsp3) is 0.303. The fourth-order valence-corrected chi connectivity index (χ4v) is 5.15. The maximum absolute atomic E-state index is 13.2. The van der Waals surface area contributed by atoms with Gasteiger partial charge in [-0.2, -0.15) is 0 Å². The Hall–Kier alpha value is -4.83. The van der Waals surface area contributed by atoms with Crippen LogP contribution in [0.15, 0.2) is 65.6 Å². The molecule has 1 aliphatic heterocycles. The van der Waals surface area contributed by atoms with Crippen LogP contribution in [-0.4, -0.2) is 41.8 Å². The molecule has 6 N–H and O–H groups in total. The predicted octanol–water partition coefficient (Wildman–Crippen LogP) is 5.05. The van der Waals surface area contributed by atoms with Gasteiger partial charge in [0.05, 0.1) is 35.8 Å². The van der Waals surface area contributed by atoms with Gasteiger partial charge in [0.25, 0.3) is 11.5 Å². The zero-order valence-corrected chi connectivity index (χ0v) is 25.3. The molecular weight excluding hydrogens is 542 g/mol. The van der Waals surface area contributed by atoms with Crippen molar-refractivity contribution in [2.24, 2.45) is 7.05 Å². The number of carbonyl (C=O) groups excluding carboxylic acids is 1. The molecule has 0 aliphatic carbocycles. The first-order valence-corrected chi connectivity index (χ1v) is 14.3. The molecule has 0 saturated carbocycles. The van der Waals surface area contributed by atoms with Crippen molar-refractivity contribution >= 4 is 40.2 Å². The third-order valence-corrected chi connectivity index (χ3v) is 7.73. The van der Waals surface area contributed by atoms with Gasteiger partial charge in [-0.1, -0.05) is 39.0 Å². The van der Waals surface area contributed by atoms with Gasteiger partial charge in [0.15, 0.2) is 5.82 Å². The smallest absolute Gasteiger partial charge is 0.293 e. The van der Waals surface area contributed by atoms with Crippen molar-refractivity contribution in [3.05, 3.63) is 87.8 Å². The van der Waals surface area contributed by atoms with Gasteiger partial charge in [-0.3, -0.25) is 9.59 Å². The van der Waals surface area contributed by atoms with Crippen LogP contribution in [0.25, 0.3) is 11.3 Å². The molecule has 4 aromatic rings. The SMILES string of the molecule is Cc1c(NC(=O)c2ccc(C(C)(C)C)cc2N)cccc1-c1cn(C)c(=O)c(Nc2ccc(N3CCOCC3)c(N)c2)n1. The van der Waals surface area contributed by atoms with Gasteiger partial charge in [-0.25, -0.2) is 4.98 Å². The molecule has 10 nitrogen and oxygen atoms in total. The number of carbonyl (C=O) groups is 1. The van der Waals surface area contributed by atoms with Crippen molar-refractivity contribution in [2.45, 2.75) is 33.1 Å². The number of benzene rings is 3. The van der Waals surface area contributed by atoms with Crippen molar-refractivity contribution in [2.75, 3.05) is 53.3 Å². The molecule has 0 unspecified atom stereocenters. The lowest BCUT2D eigenvalue weighted by molar-refractivity contribution is 0.102. The van der Waals surface area contributed by atoms with Crippen molar-refractivity contribution < 1.29 is 9.53 Å². The van der Waals surface area contributed by atoms with Crippen molar-refractivity contribution in [3.8, 4) is 11.3 Å². The van der Waals surface area contributed by atoms with Crippen LogP contribution in [0.1, 0.15) is 42.3 Å². The van der Waals surface area contributed by atoms with Gasteiger partial charge in [-0.05, 0) is 59.9 Å². The Morgan fingerprint density at radius 1 is 1.00 bits per heavy atom. The van der Waals surface area contributed by atoms with E-state index in [2.05, 4.69) is 41.3 Å². The molecule has 2 heterocycles. The molecule has 1 aromatic heterocycles. The quantitative estimate of drug-likeness (QED) is 0.232. The summed E-state index contributed by atoms with van der Waals surface area (Å²) in [5.74, 6) is -0.133. The topological polar surface area (TPSA) is 141 Å². The molecule has 43 heavy (non-hydrogen) atoms. The highest BCUT2D eigenvalue weighted by Gasteiger charge is 2.19. The number of anilines is 6. The van der Waals surface area contributed by atoms with Gasteiger partial charge in [0.2, 0.25) is 0 Å². The number of nitrogens with zero attached hydrogens (tertiary/aromatic N) is 3. The average Bonchev–Trinajstić information content (AvgIpc) is 2.96. The molecule has 5 rings (SSSR count). The van der Waals surface area contributed by atoms with Crippen LogP contribution in [0, 0.1) is 6.92 Å². The number of hydrogen-bond donors (Lipinski definition) is 4. The van der Waals surface area contributed by atoms with Crippen LogP contribution in [0.5, 0.6) is 0 Å². The van der Waals surface area contributed by atoms with Crippen LogP contribution in [0.3, 0.4) is 0 Å². The van der Waals surface area contributed by atoms with Gasteiger partial charge in [0, 0.05) is 49.0 Å². The fourth-order valence-electron chi connectivity index (χ4n) is 5.15. The van der Waals surface area contributed by atoms with Crippen molar-refractivity contribution in [1.82, 2.24) is 9.55 Å².